The predicted molar refractivity (Wildman–Crippen MR) is 135 cm³/mol. The summed E-state index contributed by atoms with van der Waals surface area (Å²) in [6.45, 7) is 1.15. The number of benzene rings is 2. The fourth-order valence-corrected chi connectivity index (χ4v) is 4.46. The fourth-order valence-electron chi connectivity index (χ4n) is 4.46. The van der Waals surface area contributed by atoms with E-state index in [2.05, 4.69) is 17.1 Å². The van der Waals surface area contributed by atoms with Crippen molar-refractivity contribution in [1.82, 2.24) is 9.55 Å². The molecular weight excluding hydrogens is 426 g/mol. The zero-order valence-corrected chi connectivity index (χ0v) is 19.2. The van der Waals surface area contributed by atoms with E-state index in [0.29, 0.717) is 18.7 Å². The van der Waals surface area contributed by atoms with Gasteiger partial charge in [0, 0.05) is 13.1 Å². The number of aromatic amines is 1. The van der Waals surface area contributed by atoms with Crippen molar-refractivity contribution in [3.05, 3.63) is 104 Å². The van der Waals surface area contributed by atoms with Gasteiger partial charge >= 0.3 is 5.69 Å². The van der Waals surface area contributed by atoms with Gasteiger partial charge in [0.2, 0.25) is 0 Å². The first-order valence-electron chi connectivity index (χ1n) is 11.6. The van der Waals surface area contributed by atoms with E-state index in [1.54, 1.807) is 6.07 Å². The van der Waals surface area contributed by atoms with Crippen LogP contribution in [0.2, 0.25) is 0 Å². The second-order valence-corrected chi connectivity index (χ2v) is 8.61. The molecule has 2 aromatic carbocycles. The fraction of sp³-hybridized carbons (Fsp3) is 0.296. The Bertz CT molecular complexity index is 1330. The SMILES string of the molecule is N#Cc1ccccc1CN(CCC1=CCCCC1)c1c(N)n(Cc2ccccc2)c(=O)[nH]c1=O. The lowest BCUT2D eigenvalue weighted by molar-refractivity contribution is 0.658. The highest BCUT2D eigenvalue weighted by Gasteiger charge is 2.21. The van der Waals surface area contributed by atoms with Gasteiger partial charge in [-0.15, -0.1) is 0 Å². The average Bonchev–Trinajstić information content (AvgIpc) is 2.86. The van der Waals surface area contributed by atoms with Crippen molar-refractivity contribution in [1.29, 1.82) is 5.26 Å². The number of hydrogen-bond donors (Lipinski definition) is 2. The van der Waals surface area contributed by atoms with Crippen LogP contribution >= 0.6 is 0 Å². The number of rotatable bonds is 8. The number of nitrogen functional groups attached to an aromatic ring is 1. The number of H-pyrrole nitrogens is 1. The molecule has 1 aromatic heterocycles. The number of nitrogens with one attached hydrogen (secondary N) is 1. The quantitative estimate of drug-likeness (QED) is 0.500. The van der Waals surface area contributed by atoms with Crippen LogP contribution in [-0.2, 0) is 13.1 Å². The molecule has 0 atom stereocenters. The minimum Gasteiger partial charge on any atom is -0.383 e. The van der Waals surface area contributed by atoms with E-state index in [1.807, 2.05) is 53.4 Å². The van der Waals surface area contributed by atoms with Gasteiger partial charge in [-0.05, 0) is 49.3 Å². The van der Waals surface area contributed by atoms with Crippen LogP contribution in [0.1, 0.15) is 48.8 Å². The standard InChI is InChI=1S/C27H29N5O2/c28-17-22-13-7-8-14-23(22)19-31(16-15-20-9-3-1-4-10-20)24-25(29)32(27(34)30-26(24)33)18-21-11-5-2-6-12-21/h2,5-9,11-14H,1,3-4,10,15-16,18-19,29H2,(H,30,33,34). The van der Waals surface area contributed by atoms with Crippen LogP contribution in [0.4, 0.5) is 11.5 Å². The summed E-state index contributed by atoms with van der Waals surface area (Å²) in [6, 6.07) is 19.1. The number of nitrogens with two attached hydrogens (primary N) is 1. The molecule has 174 valence electrons. The summed E-state index contributed by atoms with van der Waals surface area (Å²) in [5, 5.41) is 9.57. The summed E-state index contributed by atoms with van der Waals surface area (Å²) in [6.07, 6.45) is 7.60. The highest BCUT2D eigenvalue weighted by atomic mass is 16.2. The molecule has 7 heteroatoms. The predicted octanol–water partition coefficient (Wildman–Crippen LogP) is 3.94. The van der Waals surface area contributed by atoms with Crippen LogP contribution in [0.25, 0.3) is 0 Å². The van der Waals surface area contributed by atoms with Crippen LogP contribution in [0.15, 0.2) is 75.8 Å². The van der Waals surface area contributed by atoms with Crippen LogP contribution in [0.3, 0.4) is 0 Å². The lowest BCUT2D eigenvalue weighted by Crippen LogP contribution is -2.39. The zero-order valence-electron chi connectivity index (χ0n) is 19.2. The molecule has 0 amide bonds. The number of nitrogens with zero attached hydrogens (tertiary/aromatic N) is 3. The lowest BCUT2D eigenvalue weighted by Gasteiger charge is -2.27. The Kier molecular flexibility index (Phi) is 7.28. The Labute approximate surface area is 198 Å². The molecular formula is C27H29N5O2. The third-order valence-electron chi connectivity index (χ3n) is 6.30. The van der Waals surface area contributed by atoms with E-state index in [0.717, 1.165) is 30.4 Å². The van der Waals surface area contributed by atoms with Gasteiger partial charge in [-0.3, -0.25) is 14.3 Å². The summed E-state index contributed by atoms with van der Waals surface area (Å²) in [4.78, 5) is 30.0. The third kappa shape index (κ3) is 5.29. The minimum absolute atomic E-state index is 0.129. The Morgan fingerprint density at radius 2 is 1.82 bits per heavy atom. The first-order valence-corrected chi connectivity index (χ1v) is 11.6. The summed E-state index contributed by atoms with van der Waals surface area (Å²) >= 11 is 0. The van der Waals surface area contributed by atoms with Gasteiger partial charge in [0.05, 0.1) is 18.2 Å². The molecule has 0 spiro atoms. The molecule has 0 saturated carbocycles. The number of allylic oxidation sites excluding steroid dienone is 1. The molecule has 0 unspecified atom stereocenters. The van der Waals surface area contributed by atoms with Crippen LogP contribution < -0.4 is 21.9 Å². The minimum atomic E-state index is -0.539. The van der Waals surface area contributed by atoms with E-state index in [-0.39, 0.29) is 18.1 Å². The maximum absolute atomic E-state index is 13.0. The first kappa shape index (κ1) is 23.1. The third-order valence-corrected chi connectivity index (χ3v) is 6.30. The molecule has 0 saturated heterocycles. The maximum Gasteiger partial charge on any atom is 0.330 e. The molecule has 0 bridgehead atoms. The highest BCUT2D eigenvalue weighted by Crippen LogP contribution is 2.25. The highest BCUT2D eigenvalue weighted by molar-refractivity contribution is 5.63. The topological polar surface area (TPSA) is 108 Å². The van der Waals surface area contributed by atoms with E-state index in [9.17, 15) is 14.9 Å². The summed E-state index contributed by atoms with van der Waals surface area (Å²) in [7, 11) is 0. The molecule has 0 fully saturated rings. The van der Waals surface area contributed by atoms with Gasteiger partial charge in [-0.25, -0.2) is 4.79 Å². The van der Waals surface area contributed by atoms with E-state index in [4.69, 9.17) is 5.73 Å². The van der Waals surface area contributed by atoms with Crippen molar-refractivity contribution in [3.63, 3.8) is 0 Å². The first-order chi connectivity index (χ1) is 16.6. The summed E-state index contributed by atoms with van der Waals surface area (Å²) < 4.78 is 1.40. The lowest BCUT2D eigenvalue weighted by atomic mass is 9.97. The van der Waals surface area contributed by atoms with E-state index >= 15 is 0 Å². The molecule has 1 aliphatic carbocycles. The zero-order chi connectivity index (χ0) is 23.9. The molecule has 0 radical (unpaired) electrons. The van der Waals surface area contributed by atoms with Crippen molar-refractivity contribution in [3.8, 4) is 6.07 Å². The summed E-state index contributed by atoms with van der Waals surface area (Å²) in [5.74, 6) is 0.129. The van der Waals surface area contributed by atoms with E-state index < -0.39 is 11.2 Å². The van der Waals surface area contributed by atoms with E-state index in [1.165, 1.54) is 23.0 Å². The molecule has 0 aliphatic heterocycles. The maximum atomic E-state index is 13.0. The van der Waals surface area contributed by atoms with Gasteiger partial charge in [0.25, 0.3) is 5.56 Å². The van der Waals surface area contributed by atoms with Gasteiger partial charge in [-0.1, -0.05) is 60.2 Å². The molecule has 3 N–H and O–H groups in total. The van der Waals surface area contributed by atoms with Crippen LogP contribution in [0.5, 0.6) is 0 Å². The van der Waals surface area contributed by atoms with Gasteiger partial charge in [0.15, 0.2) is 0 Å². The van der Waals surface area contributed by atoms with Gasteiger partial charge < -0.3 is 10.6 Å². The Balaban J connectivity index is 1.74. The van der Waals surface area contributed by atoms with Crippen molar-refractivity contribution in [2.24, 2.45) is 0 Å². The van der Waals surface area contributed by atoms with Crippen molar-refractivity contribution in [2.45, 2.75) is 45.2 Å². The molecule has 3 aromatic rings. The van der Waals surface area contributed by atoms with Crippen molar-refractivity contribution < 1.29 is 0 Å². The smallest absolute Gasteiger partial charge is 0.330 e. The molecule has 4 rings (SSSR count). The number of aromatic nitrogens is 2. The largest absolute Gasteiger partial charge is 0.383 e. The van der Waals surface area contributed by atoms with Crippen LogP contribution in [-0.4, -0.2) is 16.1 Å². The Morgan fingerprint density at radius 1 is 1.06 bits per heavy atom. The molecule has 34 heavy (non-hydrogen) atoms. The average molecular weight is 456 g/mol. The second kappa shape index (κ2) is 10.7. The summed E-state index contributed by atoms with van der Waals surface area (Å²) in [5.41, 5.74) is 9.34. The second-order valence-electron chi connectivity index (χ2n) is 8.61. The van der Waals surface area contributed by atoms with Crippen LogP contribution in [0, 0.1) is 11.3 Å². The van der Waals surface area contributed by atoms with Gasteiger partial charge in [0.1, 0.15) is 11.5 Å². The normalized spacial score (nSPS) is 13.2. The Hall–Kier alpha value is -4.05. The number of hydrogen-bond acceptors (Lipinski definition) is 5. The van der Waals surface area contributed by atoms with Crippen molar-refractivity contribution in [2.75, 3.05) is 17.2 Å². The Morgan fingerprint density at radius 3 is 2.56 bits per heavy atom. The molecule has 7 nitrogen and oxygen atoms in total. The van der Waals surface area contributed by atoms with Gasteiger partial charge in [-0.2, -0.15) is 5.26 Å². The monoisotopic (exact) mass is 455 g/mol. The number of anilines is 2. The number of nitriles is 1. The molecule has 1 aliphatic rings. The molecule has 1 heterocycles. The van der Waals surface area contributed by atoms with Crippen molar-refractivity contribution >= 4 is 11.5 Å².